The highest BCUT2D eigenvalue weighted by atomic mass is 19.1. The predicted molar refractivity (Wildman–Crippen MR) is 121 cm³/mol. The van der Waals surface area contributed by atoms with Crippen molar-refractivity contribution < 1.29 is 8.81 Å². The third-order valence-corrected chi connectivity index (χ3v) is 7.63. The van der Waals surface area contributed by atoms with Gasteiger partial charge < -0.3 is 13.7 Å². The molecule has 3 fully saturated rings. The summed E-state index contributed by atoms with van der Waals surface area (Å²) >= 11 is 0. The molecule has 0 aliphatic carbocycles. The van der Waals surface area contributed by atoms with Crippen LogP contribution in [-0.4, -0.2) is 45.0 Å². The van der Waals surface area contributed by atoms with Crippen LogP contribution in [0.15, 0.2) is 51.9 Å². The second kappa shape index (κ2) is 5.98. The molecule has 3 saturated heterocycles. The largest absolute Gasteiger partial charge is 0.422 e. The zero-order valence-electron chi connectivity index (χ0n) is 18.0. The van der Waals surface area contributed by atoms with E-state index in [0.29, 0.717) is 34.5 Å². The molecule has 162 valence electrons. The lowest BCUT2D eigenvalue weighted by Crippen LogP contribution is -2.83. The first-order valence-electron chi connectivity index (χ1n) is 11.1. The number of pyridine rings is 1. The van der Waals surface area contributed by atoms with Crippen molar-refractivity contribution in [2.45, 2.75) is 44.3 Å². The Bertz CT molecular complexity index is 1470. The van der Waals surface area contributed by atoms with E-state index in [1.165, 1.54) is 18.9 Å². The van der Waals surface area contributed by atoms with E-state index in [4.69, 9.17) is 4.42 Å². The first kappa shape index (κ1) is 18.4. The normalized spacial score (nSPS) is 26.8. The molecule has 7 rings (SSSR count). The lowest BCUT2D eigenvalue weighted by atomic mass is 9.64. The molecule has 0 saturated carbocycles. The third-order valence-electron chi connectivity index (χ3n) is 7.63. The number of rotatable bonds is 2. The fourth-order valence-electron chi connectivity index (χ4n) is 6.35. The van der Waals surface area contributed by atoms with Gasteiger partial charge in [0, 0.05) is 60.2 Å². The fraction of sp³-hybridized carbons (Fsp3) is 0.360. The minimum absolute atomic E-state index is 0.197. The third kappa shape index (κ3) is 2.43. The molecule has 0 N–H and O–H groups in total. The van der Waals surface area contributed by atoms with Gasteiger partial charge in [0.2, 0.25) is 0 Å². The van der Waals surface area contributed by atoms with Gasteiger partial charge in [0.05, 0.1) is 11.3 Å². The zero-order chi connectivity index (χ0) is 21.8. The predicted octanol–water partition coefficient (Wildman–Crippen LogP) is 3.98. The maximum Gasteiger partial charge on any atom is 0.345 e. The number of nitrogens with zero attached hydrogens (tertiary/aromatic N) is 4. The van der Waals surface area contributed by atoms with Crippen LogP contribution in [0.4, 0.5) is 10.1 Å². The minimum atomic E-state index is -0.464. The highest BCUT2D eigenvalue weighted by Gasteiger charge is 2.62. The highest BCUT2D eigenvalue weighted by Crippen LogP contribution is 2.53. The lowest BCUT2D eigenvalue weighted by Gasteiger charge is -2.73. The van der Waals surface area contributed by atoms with Crippen LogP contribution >= 0.6 is 0 Å². The number of piperazine rings is 1. The van der Waals surface area contributed by atoms with Gasteiger partial charge in [-0.1, -0.05) is 0 Å². The molecule has 7 heteroatoms. The van der Waals surface area contributed by atoms with Crippen molar-refractivity contribution in [2.75, 3.05) is 18.0 Å². The van der Waals surface area contributed by atoms with Crippen molar-refractivity contribution in [3.05, 3.63) is 64.5 Å². The SMILES string of the molecule is Cc1cc(F)c2nc(-c3cc4ccc(N5CC6CC7(C)CC(C5)N67)cc4oc3=O)cn2c1. The number of piperidine rings is 1. The summed E-state index contributed by atoms with van der Waals surface area (Å²) in [4.78, 5) is 22.3. The number of imidazole rings is 1. The Labute approximate surface area is 183 Å². The molecule has 2 atom stereocenters. The molecular weight excluding hydrogens is 407 g/mol. The quantitative estimate of drug-likeness (QED) is 0.451. The second-order valence-electron chi connectivity index (χ2n) is 9.92. The van der Waals surface area contributed by atoms with Gasteiger partial charge in [0.25, 0.3) is 0 Å². The minimum Gasteiger partial charge on any atom is -0.422 e. The fourth-order valence-corrected chi connectivity index (χ4v) is 6.35. The number of aromatic nitrogens is 2. The summed E-state index contributed by atoms with van der Waals surface area (Å²) < 4.78 is 21.6. The Morgan fingerprint density at radius 2 is 1.91 bits per heavy atom. The number of anilines is 1. The average molecular weight is 430 g/mol. The van der Waals surface area contributed by atoms with Crippen LogP contribution in [-0.2, 0) is 0 Å². The van der Waals surface area contributed by atoms with Gasteiger partial charge in [-0.15, -0.1) is 0 Å². The van der Waals surface area contributed by atoms with E-state index in [-0.39, 0.29) is 5.65 Å². The zero-order valence-corrected chi connectivity index (χ0v) is 18.0. The van der Waals surface area contributed by atoms with Crippen LogP contribution in [0.2, 0.25) is 0 Å². The van der Waals surface area contributed by atoms with Gasteiger partial charge in [0.15, 0.2) is 11.5 Å². The molecule has 3 aromatic heterocycles. The highest BCUT2D eigenvalue weighted by molar-refractivity contribution is 5.84. The summed E-state index contributed by atoms with van der Waals surface area (Å²) in [6.07, 6.45) is 6.00. The Hall–Kier alpha value is -3.19. The monoisotopic (exact) mass is 430 g/mol. The first-order chi connectivity index (χ1) is 15.4. The van der Waals surface area contributed by atoms with Crippen LogP contribution in [0.1, 0.15) is 25.3 Å². The molecule has 0 spiro atoms. The van der Waals surface area contributed by atoms with Crippen molar-refractivity contribution in [3.8, 4) is 11.3 Å². The molecule has 2 unspecified atom stereocenters. The standard InChI is InChI=1S/C25H23FN4O2/c1-14-5-20(26)23-27-21(13-29(23)10-14)19-6-15-3-4-16(7-22(15)32-24(19)31)28-11-17-8-25(2)9-18(12-28)30(17)25/h3-7,10,13,17-18H,8-9,11-12H2,1-2H3. The molecule has 1 aromatic carbocycles. The van der Waals surface area contributed by atoms with E-state index in [0.717, 1.165) is 29.7 Å². The van der Waals surface area contributed by atoms with Gasteiger partial charge in [0.1, 0.15) is 5.58 Å². The average Bonchev–Trinajstić information content (AvgIpc) is 3.14. The molecule has 3 aliphatic heterocycles. The number of hydrogen-bond acceptors (Lipinski definition) is 5. The Morgan fingerprint density at radius 3 is 2.66 bits per heavy atom. The topological polar surface area (TPSA) is 54.0 Å². The van der Waals surface area contributed by atoms with Crippen LogP contribution in [0.25, 0.3) is 27.9 Å². The van der Waals surface area contributed by atoms with E-state index in [1.807, 2.05) is 19.1 Å². The van der Waals surface area contributed by atoms with Gasteiger partial charge in [-0.3, -0.25) is 4.90 Å². The molecule has 32 heavy (non-hydrogen) atoms. The molecule has 0 radical (unpaired) electrons. The Morgan fingerprint density at radius 1 is 1.12 bits per heavy atom. The number of halogens is 1. The molecule has 4 aromatic rings. The van der Waals surface area contributed by atoms with Crippen LogP contribution in [0.3, 0.4) is 0 Å². The summed E-state index contributed by atoms with van der Waals surface area (Å²) in [6.45, 7) is 6.23. The van der Waals surface area contributed by atoms with Crippen molar-refractivity contribution in [1.82, 2.24) is 14.3 Å². The lowest BCUT2D eigenvalue weighted by molar-refractivity contribution is -0.194. The number of fused-ring (bicyclic) bond motifs is 2. The number of aryl methyl sites for hydroxylation is 1. The summed E-state index contributed by atoms with van der Waals surface area (Å²) in [5.41, 5.74) is 3.37. The van der Waals surface area contributed by atoms with E-state index < -0.39 is 11.4 Å². The molecule has 6 nitrogen and oxygen atoms in total. The Balaban J connectivity index is 1.25. The molecule has 0 amide bonds. The van der Waals surface area contributed by atoms with E-state index >= 15 is 0 Å². The maximum atomic E-state index is 14.3. The van der Waals surface area contributed by atoms with Gasteiger partial charge >= 0.3 is 5.63 Å². The second-order valence-corrected chi connectivity index (χ2v) is 9.92. The van der Waals surface area contributed by atoms with E-state index in [1.54, 1.807) is 22.9 Å². The first-order valence-corrected chi connectivity index (χ1v) is 11.1. The number of hydrogen-bond donors (Lipinski definition) is 0. The molecule has 6 heterocycles. The van der Waals surface area contributed by atoms with Crippen molar-refractivity contribution in [1.29, 1.82) is 0 Å². The molecular formula is C25H23FN4O2. The van der Waals surface area contributed by atoms with Gasteiger partial charge in [-0.05, 0) is 56.5 Å². The van der Waals surface area contributed by atoms with Gasteiger partial charge in [-0.2, -0.15) is 0 Å². The van der Waals surface area contributed by atoms with E-state index in [2.05, 4.69) is 27.8 Å². The van der Waals surface area contributed by atoms with Crippen LogP contribution in [0.5, 0.6) is 0 Å². The van der Waals surface area contributed by atoms with Crippen LogP contribution < -0.4 is 10.5 Å². The maximum absolute atomic E-state index is 14.3. The number of benzene rings is 1. The van der Waals surface area contributed by atoms with Crippen LogP contribution in [0, 0.1) is 12.7 Å². The van der Waals surface area contributed by atoms with E-state index in [9.17, 15) is 9.18 Å². The smallest absolute Gasteiger partial charge is 0.345 e. The van der Waals surface area contributed by atoms with Crippen molar-refractivity contribution in [3.63, 3.8) is 0 Å². The van der Waals surface area contributed by atoms with Crippen molar-refractivity contribution in [2.24, 2.45) is 0 Å². The summed E-state index contributed by atoms with van der Waals surface area (Å²) in [6, 6.07) is 10.6. The molecule has 0 bridgehead atoms. The van der Waals surface area contributed by atoms with Gasteiger partial charge in [-0.25, -0.2) is 14.2 Å². The Kier molecular flexibility index (Phi) is 3.44. The summed E-state index contributed by atoms with van der Waals surface area (Å²) in [5, 5.41) is 0.829. The summed E-state index contributed by atoms with van der Waals surface area (Å²) in [5.74, 6) is -0.413. The molecule has 3 aliphatic rings. The van der Waals surface area contributed by atoms with Crippen molar-refractivity contribution >= 4 is 22.3 Å². The summed E-state index contributed by atoms with van der Waals surface area (Å²) in [7, 11) is 0.